The fourth-order valence-electron chi connectivity index (χ4n) is 1.73. The van der Waals surface area contributed by atoms with Crippen LogP contribution in [-0.2, 0) is 22.4 Å². The number of esters is 1. The Labute approximate surface area is 91.3 Å². The van der Waals surface area contributed by atoms with Crippen molar-refractivity contribution in [1.29, 1.82) is 0 Å². The molecule has 2 heteroatoms. The minimum atomic E-state index is -0.142. The van der Waals surface area contributed by atoms with Crippen LogP contribution in [0.2, 0.25) is 0 Å². The summed E-state index contributed by atoms with van der Waals surface area (Å²) in [6, 6.07) is 6.27. The second kappa shape index (κ2) is 5.54. The molecule has 1 rings (SSSR count). The van der Waals surface area contributed by atoms with Gasteiger partial charge in [-0.25, -0.2) is 0 Å². The van der Waals surface area contributed by atoms with Gasteiger partial charge in [0.15, 0.2) is 0 Å². The Morgan fingerprint density at radius 1 is 1.33 bits per heavy atom. The fourth-order valence-corrected chi connectivity index (χ4v) is 1.73. The van der Waals surface area contributed by atoms with Gasteiger partial charge in [-0.2, -0.15) is 0 Å². The zero-order valence-electron chi connectivity index (χ0n) is 9.67. The molecule has 2 nitrogen and oxygen atoms in total. The van der Waals surface area contributed by atoms with E-state index in [4.69, 9.17) is 0 Å². The maximum absolute atomic E-state index is 11.0. The fraction of sp³-hybridized carbons (Fsp3) is 0.462. The zero-order valence-corrected chi connectivity index (χ0v) is 9.67. The van der Waals surface area contributed by atoms with Crippen molar-refractivity contribution < 1.29 is 9.53 Å². The van der Waals surface area contributed by atoms with Crippen LogP contribution in [0.25, 0.3) is 0 Å². The molecule has 0 saturated carbocycles. The van der Waals surface area contributed by atoms with Gasteiger partial charge < -0.3 is 4.74 Å². The molecule has 0 amide bonds. The highest BCUT2D eigenvalue weighted by atomic mass is 16.5. The van der Waals surface area contributed by atoms with Crippen molar-refractivity contribution in [2.45, 2.75) is 33.1 Å². The van der Waals surface area contributed by atoms with Crippen LogP contribution in [0, 0.1) is 6.92 Å². The Balaban J connectivity index is 2.73. The summed E-state index contributed by atoms with van der Waals surface area (Å²) in [5.74, 6) is -0.142. The van der Waals surface area contributed by atoms with Gasteiger partial charge in [0.2, 0.25) is 0 Å². The molecule has 0 unspecified atom stereocenters. The lowest BCUT2D eigenvalue weighted by Gasteiger charge is -2.09. The highest BCUT2D eigenvalue weighted by Gasteiger charge is 2.05. The zero-order chi connectivity index (χ0) is 11.3. The number of carbonyl (C=O) groups excluding carboxylic acids is 1. The van der Waals surface area contributed by atoms with E-state index in [-0.39, 0.29) is 5.97 Å². The molecule has 0 atom stereocenters. The average molecular weight is 206 g/mol. The van der Waals surface area contributed by atoms with Gasteiger partial charge in [0.05, 0.1) is 7.11 Å². The van der Waals surface area contributed by atoms with E-state index in [1.807, 2.05) is 0 Å². The third-order valence-corrected chi connectivity index (χ3v) is 2.77. The minimum Gasteiger partial charge on any atom is -0.469 e. The second-order valence-electron chi connectivity index (χ2n) is 3.63. The normalized spacial score (nSPS) is 10.1. The predicted molar refractivity (Wildman–Crippen MR) is 60.9 cm³/mol. The van der Waals surface area contributed by atoms with E-state index in [2.05, 4.69) is 36.8 Å². The van der Waals surface area contributed by atoms with Crippen molar-refractivity contribution in [2.24, 2.45) is 0 Å². The van der Waals surface area contributed by atoms with Crippen LogP contribution in [-0.4, -0.2) is 13.1 Å². The highest BCUT2D eigenvalue weighted by Crippen LogP contribution is 2.16. The second-order valence-corrected chi connectivity index (χ2v) is 3.63. The predicted octanol–water partition coefficient (Wildman–Crippen LogP) is 2.66. The van der Waals surface area contributed by atoms with Gasteiger partial charge in [0.25, 0.3) is 0 Å². The molecule has 0 aliphatic heterocycles. The number of carbonyl (C=O) groups is 1. The van der Waals surface area contributed by atoms with Crippen LogP contribution < -0.4 is 0 Å². The molecular weight excluding hydrogens is 188 g/mol. The molecule has 0 aromatic heterocycles. The van der Waals surface area contributed by atoms with Crippen LogP contribution >= 0.6 is 0 Å². The Morgan fingerprint density at radius 2 is 2.00 bits per heavy atom. The standard InChI is InChI=1S/C13H18O2/c1-4-11-6-5-7-12(10(11)2)8-9-13(14)15-3/h5-7H,4,8-9H2,1-3H3. The molecule has 0 spiro atoms. The van der Waals surface area contributed by atoms with E-state index in [0.29, 0.717) is 6.42 Å². The molecule has 0 radical (unpaired) electrons. The molecule has 0 fully saturated rings. The molecule has 1 aromatic carbocycles. The summed E-state index contributed by atoms with van der Waals surface area (Å²) in [7, 11) is 1.43. The molecule has 0 saturated heterocycles. The summed E-state index contributed by atoms with van der Waals surface area (Å²) in [6.45, 7) is 4.26. The Morgan fingerprint density at radius 3 is 2.60 bits per heavy atom. The molecule has 15 heavy (non-hydrogen) atoms. The maximum atomic E-state index is 11.0. The van der Waals surface area contributed by atoms with Crippen LogP contribution in [0.3, 0.4) is 0 Å². The van der Waals surface area contributed by atoms with E-state index in [1.54, 1.807) is 0 Å². The first-order valence-electron chi connectivity index (χ1n) is 5.33. The molecule has 0 aliphatic carbocycles. The van der Waals surface area contributed by atoms with Crippen LogP contribution in [0.1, 0.15) is 30.0 Å². The quantitative estimate of drug-likeness (QED) is 0.708. The van der Waals surface area contributed by atoms with Crippen molar-refractivity contribution in [3.63, 3.8) is 0 Å². The summed E-state index contributed by atoms with van der Waals surface area (Å²) >= 11 is 0. The summed E-state index contributed by atoms with van der Waals surface area (Å²) in [6.07, 6.45) is 2.27. The summed E-state index contributed by atoms with van der Waals surface area (Å²) in [5, 5.41) is 0. The summed E-state index contributed by atoms with van der Waals surface area (Å²) in [4.78, 5) is 11.0. The van der Waals surface area contributed by atoms with Gasteiger partial charge in [-0.15, -0.1) is 0 Å². The molecule has 0 aliphatic rings. The van der Waals surface area contributed by atoms with Crippen molar-refractivity contribution in [1.82, 2.24) is 0 Å². The number of ether oxygens (including phenoxy) is 1. The summed E-state index contributed by atoms with van der Waals surface area (Å²) < 4.78 is 4.63. The van der Waals surface area contributed by atoms with Crippen molar-refractivity contribution >= 4 is 5.97 Å². The van der Waals surface area contributed by atoms with Crippen molar-refractivity contribution in [3.05, 3.63) is 34.9 Å². The average Bonchev–Trinajstić information content (AvgIpc) is 2.27. The number of hydrogen-bond donors (Lipinski definition) is 0. The van der Waals surface area contributed by atoms with Gasteiger partial charge >= 0.3 is 5.97 Å². The minimum absolute atomic E-state index is 0.142. The lowest BCUT2D eigenvalue weighted by Crippen LogP contribution is -2.03. The monoisotopic (exact) mass is 206 g/mol. The van der Waals surface area contributed by atoms with Crippen LogP contribution in [0.5, 0.6) is 0 Å². The van der Waals surface area contributed by atoms with E-state index in [1.165, 1.54) is 23.8 Å². The van der Waals surface area contributed by atoms with Gasteiger partial charge in [-0.3, -0.25) is 4.79 Å². The number of methoxy groups -OCH3 is 1. The molecule has 1 aromatic rings. The number of hydrogen-bond acceptors (Lipinski definition) is 2. The highest BCUT2D eigenvalue weighted by molar-refractivity contribution is 5.69. The number of aryl methyl sites for hydroxylation is 2. The molecular formula is C13H18O2. The van der Waals surface area contributed by atoms with Gasteiger partial charge in [-0.1, -0.05) is 25.1 Å². The summed E-state index contributed by atoms with van der Waals surface area (Å²) in [5.41, 5.74) is 3.92. The lowest BCUT2D eigenvalue weighted by atomic mass is 9.97. The van der Waals surface area contributed by atoms with Gasteiger partial charge in [0.1, 0.15) is 0 Å². The Hall–Kier alpha value is -1.31. The van der Waals surface area contributed by atoms with Crippen LogP contribution in [0.4, 0.5) is 0 Å². The van der Waals surface area contributed by atoms with E-state index < -0.39 is 0 Å². The first-order chi connectivity index (χ1) is 7.19. The van der Waals surface area contributed by atoms with Crippen LogP contribution in [0.15, 0.2) is 18.2 Å². The number of benzene rings is 1. The van der Waals surface area contributed by atoms with Gasteiger partial charge in [-0.05, 0) is 36.5 Å². The maximum Gasteiger partial charge on any atom is 0.305 e. The van der Waals surface area contributed by atoms with E-state index in [9.17, 15) is 4.79 Å². The SMILES string of the molecule is CCc1cccc(CCC(=O)OC)c1C. The molecule has 0 N–H and O–H groups in total. The topological polar surface area (TPSA) is 26.3 Å². The Kier molecular flexibility index (Phi) is 4.35. The van der Waals surface area contributed by atoms with Crippen molar-refractivity contribution in [3.8, 4) is 0 Å². The smallest absolute Gasteiger partial charge is 0.305 e. The molecule has 82 valence electrons. The first kappa shape index (κ1) is 11.8. The third kappa shape index (κ3) is 3.08. The van der Waals surface area contributed by atoms with Crippen molar-refractivity contribution in [2.75, 3.05) is 7.11 Å². The van der Waals surface area contributed by atoms with Gasteiger partial charge in [0, 0.05) is 6.42 Å². The van der Waals surface area contributed by atoms with E-state index in [0.717, 1.165) is 12.8 Å². The largest absolute Gasteiger partial charge is 0.469 e. The number of rotatable bonds is 4. The Bertz CT molecular complexity index is 342. The molecule has 0 heterocycles. The third-order valence-electron chi connectivity index (χ3n) is 2.77. The lowest BCUT2D eigenvalue weighted by molar-refractivity contribution is -0.140. The molecule has 0 bridgehead atoms. The first-order valence-corrected chi connectivity index (χ1v) is 5.33. The van der Waals surface area contributed by atoms with E-state index >= 15 is 0 Å².